The summed E-state index contributed by atoms with van der Waals surface area (Å²) in [4.78, 5) is 11.7. The van der Waals surface area contributed by atoms with Gasteiger partial charge in [0.15, 0.2) is 5.82 Å². The van der Waals surface area contributed by atoms with Gasteiger partial charge >= 0.3 is 5.97 Å². The molecule has 22 heavy (non-hydrogen) atoms. The van der Waals surface area contributed by atoms with Crippen molar-refractivity contribution in [2.45, 2.75) is 6.92 Å². The Morgan fingerprint density at radius 3 is 2.68 bits per heavy atom. The zero-order chi connectivity index (χ0) is 16.3. The molecule has 1 heterocycles. The Kier molecular flexibility index (Phi) is 5.22. The van der Waals surface area contributed by atoms with Crippen molar-refractivity contribution in [3.63, 3.8) is 0 Å². The van der Waals surface area contributed by atoms with Crippen LogP contribution in [0, 0.1) is 11.6 Å². The lowest BCUT2D eigenvalue weighted by Gasteiger charge is -2.19. The first-order valence-corrected chi connectivity index (χ1v) is 8.01. The number of carbonyl (C=O) groups is 1. The Bertz CT molecular complexity index is 706. The molecule has 0 bridgehead atoms. The number of thiophene rings is 1. The van der Waals surface area contributed by atoms with Crippen LogP contribution in [0.1, 0.15) is 17.3 Å². The number of hydrogen-bond acceptors (Lipinski definition) is 4. The third-order valence-electron chi connectivity index (χ3n) is 2.63. The van der Waals surface area contributed by atoms with Crippen molar-refractivity contribution in [2.24, 2.45) is 0 Å². The first-order valence-electron chi connectivity index (χ1n) is 6.07. The van der Waals surface area contributed by atoms with Crippen LogP contribution in [0.4, 0.5) is 19.5 Å². The summed E-state index contributed by atoms with van der Waals surface area (Å²) in [7, 11) is 0. The fourth-order valence-electron chi connectivity index (χ4n) is 1.75. The Morgan fingerprint density at radius 2 is 2.14 bits per heavy atom. The van der Waals surface area contributed by atoms with Gasteiger partial charge in [0.25, 0.3) is 11.3 Å². The predicted molar refractivity (Wildman–Crippen MR) is 79.5 cm³/mol. The monoisotopic (exact) mass is 347 g/mol. The average molecular weight is 347 g/mol. The van der Waals surface area contributed by atoms with Crippen LogP contribution in [-0.2, 0) is 16.0 Å². The maximum absolute atomic E-state index is 14.5. The number of rotatable bonds is 5. The molecule has 5 nitrogen and oxygen atoms in total. The van der Waals surface area contributed by atoms with Crippen molar-refractivity contribution in [3.8, 4) is 0 Å². The maximum Gasteiger partial charge on any atom is 0.344 e. The number of ether oxygens (including phenoxy) is 1. The quantitative estimate of drug-likeness (QED) is 0.664. The number of anilines is 2. The van der Waals surface area contributed by atoms with Crippen LogP contribution in [0.15, 0.2) is 29.6 Å². The minimum absolute atomic E-state index is 0.0531. The molecule has 0 aliphatic carbocycles. The van der Waals surface area contributed by atoms with E-state index in [1.807, 2.05) is 0 Å². The van der Waals surface area contributed by atoms with Crippen LogP contribution in [0.2, 0.25) is 0 Å². The number of carbonyl (C=O) groups excluding carboxylic acids is 1. The van der Waals surface area contributed by atoms with Gasteiger partial charge in [-0.2, -0.15) is 0 Å². The minimum Gasteiger partial charge on any atom is -0.462 e. The molecule has 2 rings (SSSR count). The molecule has 1 N–H and O–H groups in total. The van der Waals surface area contributed by atoms with Gasteiger partial charge in [-0.15, -0.1) is 11.3 Å². The Morgan fingerprint density at radius 1 is 1.41 bits per heavy atom. The van der Waals surface area contributed by atoms with Gasteiger partial charge in [0.05, 0.1) is 12.3 Å². The summed E-state index contributed by atoms with van der Waals surface area (Å²) >= 11 is -1.51. The zero-order valence-corrected chi connectivity index (χ0v) is 12.9. The van der Waals surface area contributed by atoms with E-state index in [1.54, 1.807) is 11.4 Å². The molecular weight excluding hydrogens is 336 g/mol. The van der Waals surface area contributed by atoms with Crippen molar-refractivity contribution in [2.75, 3.05) is 10.9 Å². The van der Waals surface area contributed by atoms with Crippen LogP contribution in [0.5, 0.6) is 0 Å². The van der Waals surface area contributed by atoms with Crippen molar-refractivity contribution < 1.29 is 27.1 Å². The van der Waals surface area contributed by atoms with Crippen LogP contribution in [0.25, 0.3) is 0 Å². The zero-order valence-electron chi connectivity index (χ0n) is 11.3. The van der Waals surface area contributed by atoms with E-state index in [-0.39, 0.29) is 11.6 Å². The molecule has 9 heteroatoms. The van der Waals surface area contributed by atoms with E-state index in [9.17, 15) is 22.3 Å². The number of nitrogens with zero attached hydrogens (tertiary/aromatic N) is 1. The lowest BCUT2D eigenvalue weighted by molar-refractivity contribution is 0.0515. The first kappa shape index (κ1) is 16.5. The van der Waals surface area contributed by atoms with E-state index in [0.29, 0.717) is 0 Å². The molecule has 0 spiro atoms. The van der Waals surface area contributed by atoms with Gasteiger partial charge in [0, 0.05) is 0 Å². The molecule has 0 saturated heterocycles. The third kappa shape index (κ3) is 3.16. The fourth-order valence-corrected chi connectivity index (χ4v) is 3.25. The minimum atomic E-state index is -2.60. The lowest BCUT2D eigenvalue weighted by atomic mass is 10.1. The standard InChI is InChI=1S/C13H11F2NO4S2/c1-2-20-13(17)11-8(14)5-6-9(12(11)15)16(22(18)19)10-4-3-7-21-10/h3-7H,2H2,1H3,(H,18,19). The van der Waals surface area contributed by atoms with E-state index >= 15 is 0 Å². The Balaban J connectivity index is 2.58. The number of hydrogen-bond donors (Lipinski definition) is 1. The molecule has 1 aromatic heterocycles. The molecule has 0 amide bonds. The average Bonchev–Trinajstić information content (AvgIpc) is 2.95. The van der Waals surface area contributed by atoms with Gasteiger partial charge in [0.1, 0.15) is 16.4 Å². The van der Waals surface area contributed by atoms with Crippen molar-refractivity contribution in [1.29, 1.82) is 0 Å². The molecule has 118 valence electrons. The maximum atomic E-state index is 14.5. The third-order valence-corrected chi connectivity index (χ3v) is 4.31. The van der Waals surface area contributed by atoms with Gasteiger partial charge < -0.3 is 4.74 Å². The Labute approximate surface area is 131 Å². The second-order valence-electron chi connectivity index (χ2n) is 3.95. The lowest BCUT2D eigenvalue weighted by Crippen LogP contribution is -2.21. The van der Waals surface area contributed by atoms with E-state index < -0.39 is 40.1 Å². The summed E-state index contributed by atoms with van der Waals surface area (Å²) in [5.74, 6) is -3.53. The molecule has 1 atom stereocenters. The summed E-state index contributed by atoms with van der Waals surface area (Å²) in [6.07, 6.45) is 0. The fraction of sp³-hybridized carbons (Fsp3) is 0.154. The van der Waals surface area contributed by atoms with E-state index in [2.05, 4.69) is 4.74 Å². The first-order chi connectivity index (χ1) is 10.5. The van der Waals surface area contributed by atoms with Crippen LogP contribution in [0.3, 0.4) is 0 Å². The molecule has 2 aromatic rings. The highest BCUT2D eigenvalue weighted by Gasteiger charge is 2.27. The van der Waals surface area contributed by atoms with E-state index in [4.69, 9.17) is 0 Å². The molecule has 0 aliphatic rings. The van der Waals surface area contributed by atoms with Crippen molar-refractivity contribution in [3.05, 3.63) is 46.8 Å². The highest BCUT2D eigenvalue weighted by molar-refractivity contribution is 7.81. The SMILES string of the molecule is CCOC(=O)c1c(F)ccc(N(c2cccs2)S(=O)O)c1F. The molecule has 0 radical (unpaired) electrons. The van der Waals surface area contributed by atoms with Crippen LogP contribution in [-0.4, -0.2) is 21.3 Å². The van der Waals surface area contributed by atoms with Crippen molar-refractivity contribution >= 4 is 39.3 Å². The summed E-state index contributed by atoms with van der Waals surface area (Å²) in [6, 6.07) is 4.93. The smallest absolute Gasteiger partial charge is 0.344 e. The predicted octanol–water partition coefficient (Wildman–Crippen LogP) is 3.48. The Hall–Kier alpha value is -1.84. The largest absolute Gasteiger partial charge is 0.462 e. The van der Waals surface area contributed by atoms with Gasteiger partial charge in [-0.1, -0.05) is 0 Å². The molecule has 0 aliphatic heterocycles. The number of esters is 1. The summed E-state index contributed by atoms with van der Waals surface area (Å²) in [6.45, 7) is 1.45. The van der Waals surface area contributed by atoms with Crippen LogP contribution >= 0.6 is 11.3 Å². The van der Waals surface area contributed by atoms with Crippen molar-refractivity contribution in [1.82, 2.24) is 0 Å². The van der Waals surface area contributed by atoms with Crippen LogP contribution < -0.4 is 4.31 Å². The van der Waals surface area contributed by atoms with E-state index in [0.717, 1.165) is 27.8 Å². The van der Waals surface area contributed by atoms with Gasteiger partial charge in [-0.05, 0) is 36.6 Å². The molecule has 0 fully saturated rings. The van der Waals surface area contributed by atoms with Gasteiger partial charge in [-0.25, -0.2) is 22.1 Å². The number of benzene rings is 1. The van der Waals surface area contributed by atoms with Gasteiger partial charge in [-0.3, -0.25) is 4.55 Å². The number of halogens is 2. The highest BCUT2D eigenvalue weighted by atomic mass is 32.2. The molecule has 1 aromatic carbocycles. The van der Waals surface area contributed by atoms with Gasteiger partial charge in [0.2, 0.25) is 0 Å². The highest BCUT2D eigenvalue weighted by Crippen LogP contribution is 2.34. The topological polar surface area (TPSA) is 66.8 Å². The normalized spacial score (nSPS) is 12.0. The second kappa shape index (κ2) is 6.95. The summed E-state index contributed by atoms with van der Waals surface area (Å²) in [5, 5.41) is 1.89. The molecule has 0 saturated carbocycles. The molecular formula is C13H11F2NO4S2. The second-order valence-corrected chi connectivity index (χ2v) is 5.71. The van der Waals surface area contributed by atoms with E-state index in [1.165, 1.54) is 13.0 Å². The summed E-state index contributed by atoms with van der Waals surface area (Å²) < 4.78 is 54.5. The summed E-state index contributed by atoms with van der Waals surface area (Å²) in [5.41, 5.74) is -1.29. The molecule has 1 unspecified atom stereocenters.